The zero-order valence-electron chi connectivity index (χ0n) is 21.3. The van der Waals surface area contributed by atoms with Gasteiger partial charge < -0.3 is 18.6 Å². The summed E-state index contributed by atoms with van der Waals surface area (Å²) in [7, 11) is 0. The van der Waals surface area contributed by atoms with Crippen LogP contribution in [0.2, 0.25) is 0 Å². The lowest BCUT2D eigenvalue weighted by Crippen LogP contribution is -2.39. The van der Waals surface area contributed by atoms with Gasteiger partial charge in [-0.2, -0.15) is 0 Å². The van der Waals surface area contributed by atoms with Crippen LogP contribution >= 0.6 is 11.3 Å². The molecule has 0 N–H and O–H groups in total. The highest BCUT2D eigenvalue weighted by Gasteiger charge is 2.34. The monoisotopic (exact) mass is 559 g/mol. The second kappa shape index (κ2) is 9.97. The number of nitro groups is 1. The quantitative estimate of drug-likeness (QED) is 0.198. The maximum absolute atomic E-state index is 13.8. The summed E-state index contributed by atoms with van der Waals surface area (Å²) < 4.78 is 24.1. The molecule has 0 fully saturated rings. The number of nitrogens with zero attached hydrogens (tertiary/aromatic N) is 3. The number of fused-ring (bicyclic) bond motifs is 2. The van der Waals surface area contributed by atoms with E-state index in [1.807, 2.05) is 0 Å². The Morgan fingerprint density at radius 2 is 1.95 bits per heavy atom. The molecular weight excluding hydrogens is 538 g/mol. The topological polar surface area (TPSA) is 135 Å². The Hall–Kier alpha value is -4.97. The number of thiazole rings is 1. The van der Waals surface area contributed by atoms with Crippen LogP contribution in [0.15, 0.2) is 80.1 Å². The van der Waals surface area contributed by atoms with E-state index in [4.69, 9.17) is 18.6 Å². The van der Waals surface area contributed by atoms with Crippen LogP contribution in [0.5, 0.6) is 11.5 Å². The van der Waals surface area contributed by atoms with E-state index in [0.717, 1.165) is 0 Å². The average molecular weight is 560 g/mol. The Kier molecular flexibility index (Phi) is 6.31. The molecule has 0 unspecified atom stereocenters. The summed E-state index contributed by atoms with van der Waals surface area (Å²) in [6, 6.07) is 13.9. The molecular formula is C28H21N3O8S. The number of carbonyl (C=O) groups is 1. The Balaban J connectivity index is 1.44. The number of ether oxygens (including phenoxy) is 3. The molecule has 0 aliphatic carbocycles. The van der Waals surface area contributed by atoms with Gasteiger partial charge in [-0.05, 0) is 55.8 Å². The van der Waals surface area contributed by atoms with E-state index >= 15 is 0 Å². The maximum atomic E-state index is 13.8. The molecule has 202 valence electrons. The van der Waals surface area contributed by atoms with Crippen molar-refractivity contribution in [3.05, 3.63) is 107 Å². The van der Waals surface area contributed by atoms with Gasteiger partial charge in [0.15, 0.2) is 16.3 Å². The van der Waals surface area contributed by atoms with E-state index in [2.05, 4.69) is 4.99 Å². The minimum absolute atomic E-state index is 0.0221. The number of hydrogen-bond acceptors (Lipinski definition) is 10. The second-order valence-electron chi connectivity index (χ2n) is 8.92. The van der Waals surface area contributed by atoms with Gasteiger partial charge in [0.05, 0.1) is 33.4 Å². The first-order valence-electron chi connectivity index (χ1n) is 12.3. The molecule has 2 aromatic carbocycles. The first-order chi connectivity index (χ1) is 19.3. The van der Waals surface area contributed by atoms with Crippen LogP contribution in [0, 0.1) is 10.1 Å². The average Bonchev–Trinajstić information content (AvgIpc) is 3.67. The van der Waals surface area contributed by atoms with E-state index in [1.54, 1.807) is 62.4 Å². The predicted octanol–water partition coefficient (Wildman–Crippen LogP) is 3.70. The van der Waals surface area contributed by atoms with Crippen molar-refractivity contribution in [1.29, 1.82) is 0 Å². The van der Waals surface area contributed by atoms with Crippen LogP contribution in [0.4, 0.5) is 5.69 Å². The molecule has 4 heterocycles. The number of furan rings is 1. The highest BCUT2D eigenvalue weighted by atomic mass is 32.1. The van der Waals surface area contributed by atoms with E-state index in [1.165, 1.54) is 28.0 Å². The van der Waals surface area contributed by atoms with Crippen molar-refractivity contribution >= 4 is 29.1 Å². The minimum Gasteiger partial charge on any atom is -0.463 e. The summed E-state index contributed by atoms with van der Waals surface area (Å²) >= 11 is 1.17. The lowest BCUT2D eigenvalue weighted by atomic mass is 9.95. The van der Waals surface area contributed by atoms with Crippen molar-refractivity contribution in [2.75, 3.05) is 13.4 Å². The number of hydrogen-bond donors (Lipinski definition) is 0. The Bertz CT molecular complexity index is 1880. The normalized spacial score (nSPS) is 16.1. The first kappa shape index (κ1) is 25.3. The molecule has 11 nitrogen and oxygen atoms in total. The molecule has 2 aliphatic heterocycles. The lowest BCUT2D eigenvalue weighted by Gasteiger charge is -2.24. The van der Waals surface area contributed by atoms with Gasteiger partial charge in [0.1, 0.15) is 11.5 Å². The van der Waals surface area contributed by atoms with Gasteiger partial charge in [-0.15, -0.1) is 0 Å². The number of carbonyl (C=O) groups excluding carboxylic acids is 1. The molecule has 2 aromatic heterocycles. The fourth-order valence-corrected chi connectivity index (χ4v) is 5.68. The highest BCUT2D eigenvalue weighted by Crippen LogP contribution is 2.38. The minimum atomic E-state index is -0.792. The van der Waals surface area contributed by atoms with Gasteiger partial charge in [-0.3, -0.25) is 19.5 Å². The third kappa shape index (κ3) is 4.37. The number of allylic oxidation sites excluding steroid dienone is 1. The van der Waals surface area contributed by atoms with Gasteiger partial charge in [0.2, 0.25) is 6.79 Å². The molecule has 0 saturated carbocycles. The maximum Gasteiger partial charge on any atom is 0.338 e. The number of esters is 1. The van der Waals surface area contributed by atoms with Crippen molar-refractivity contribution in [2.24, 2.45) is 4.99 Å². The third-order valence-corrected chi connectivity index (χ3v) is 7.48. The Morgan fingerprint density at radius 3 is 2.70 bits per heavy atom. The van der Waals surface area contributed by atoms with Gasteiger partial charge in [0, 0.05) is 23.8 Å². The van der Waals surface area contributed by atoms with Crippen molar-refractivity contribution in [3.63, 3.8) is 0 Å². The standard InChI is InChI=1S/C28H21N3O8S/c1-3-36-27(33)24-15(2)29-28-30(25(24)17-6-10-21-22(12-17)38-14-37-21)26(32)23(40-28)13-19-9-11-20(39-19)16-4-7-18(8-5-16)31(34)35/h4-13,25H,3,14H2,1-2H3/b23-13-/t25-/m0/s1. The largest absolute Gasteiger partial charge is 0.463 e. The fraction of sp³-hybridized carbons (Fsp3) is 0.179. The van der Waals surface area contributed by atoms with Crippen molar-refractivity contribution < 1.29 is 28.3 Å². The molecule has 1 atom stereocenters. The first-order valence-corrected chi connectivity index (χ1v) is 13.1. The molecule has 4 aromatic rings. The molecule has 0 bridgehead atoms. The molecule has 6 rings (SSSR count). The smallest absolute Gasteiger partial charge is 0.338 e. The molecule has 0 amide bonds. The van der Waals surface area contributed by atoms with E-state index in [9.17, 15) is 19.7 Å². The summed E-state index contributed by atoms with van der Waals surface area (Å²) in [5.74, 6) is 1.45. The van der Waals surface area contributed by atoms with Crippen LogP contribution in [0.25, 0.3) is 17.4 Å². The zero-order valence-corrected chi connectivity index (χ0v) is 22.1. The number of rotatable bonds is 6. The fourth-order valence-electron chi connectivity index (χ4n) is 4.65. The summed E-state index contributed by atoms with van der Waals surface area (Å²) in [6.45, 7) is 3.69. The molecule has 2 aliphatic rings. The van der Waals surface area contributed by atoms with Crippen LogP contribution in [-0.4, -0.2) is 28.9 Å². The third-order valence-electron chi connectivity index (χ3n) is 6.49. The summed E-state index contributed by atoms with van der Waals surface area (Å²) in [6.07, 6.45) is 1.61. The zero-order chi connectivity index (χ0) is 28.0. The predicted molar refractivity (Wildman–Crippen MR) is 144 cm³/mol. The van der Waals surface area contributed by atoms with Gasteiger partial charge in [0.25, 0.3) is 11.2 Å². The van der Waals surface area contributed by atoms with Crippen LogP contribution in [-0.2, 0) is 9.53 Å². The van der Waals surface area contributed by atoms with E-state index < -0.39 is 16.9 Å². The SMILES string of the molecule is CCOC(=O)C1=C(C)N=c2s/c(=C\c3ccc(-c4ccc([N+](=O)[O-])cc4)o3)c(=O)n2[C@H]1c1ccc2c(c1)OCO2. The van der Waals surface area contributed by atoms with Gasteiger partial charge >= 0.3 is 5.97 Å². The van der Waals surface area contributed by atoms with E-state index in [-0.39, 0.29) is 30.2 Å². The van der Waals surface area contributed by atoms with Crippen LogP contribution in [0.1, 0.15) is 31.2 Å². The molecule has 0 saturated heterocycles. The molecule has 0 spiro atoms. The van der Waals surface area contributed by atoms with Crippen molar-refractivity contribution in [1.82, 2.24) is 4.57 Å². The molecule has 40 heavy (non-hydrogen) atoms. The highest BCUT2D eigenvalue weighted by molar-refractivity contribution is 7.07. The van der Waals surface area contributed by atoms with Crippen LogP contribution in [0.3, 0.4) is 0 Å². The second-order valence-corrected chi connectivity index (χ2v) is 9.93. The van der Waals surface area contributed by atoms with Gasteiger partial charge in [-0.25, -0.2) is 9.79 Å². The Morgan fingerprint density at radius 1 is 1.18 bits per heavy atom. The van der Waals surface area contributed by atoms with Crippen LogP contribution < -0.4 is 24.4 Å². The van der Waals surface area contributed by atoms with Crippen molar-refractivity contribution in [2.45, 2.75) is 19.9 Å². The number of benzene rings is 2. The summed E-state index contributed by atoms with van der Waals surface area (Å²) in [5, 5.41) is 10.9. The summed E-state index contributed by atoms with van der Waals surface area (Å²) in [4.78, 5) is 42.3. The molecule has 12 heteroatoms. The van der Waals surface area contributed by atoms with Gasteiger partial charge in [-0.1, -0.05) is 17.4 Å². The number of nitro benzene ring substituents is 1. The van der Waals surface area contributed by atoms with E-state index in [0.29, 0.717) is 49.2 Å². The summed E-state index contributed by atoms with van der Waals surface area (Å²) in [5.41, 5.74) is 1.64. The number of non-ortho nitro benzene ring substituents is 1. The molecule has 0 radical (unpaired) electrons. The number of aromatic nitrogens is 1. The Labute approximate surface area is 230 Å². The lowest BCUT2D eigenvalue weighted by molar-refractivity contribution is -0.384. The van der Waals surface area contributed by atoms with Crippen molar-refractivity contribution in [3.8, 4) is 22.8 Å².